The number of urea groups is 1. The van der Waals surface area contributed by atoms with Gasteiger partial charge in [-0.05, 0) is 49.5 Å². The van der Waals surface area contributed by atoms with Gasteiger partial charge in [-0.2, -0.15) is 0 Å². The molecule has 8 heteroatoms. The SMILES string of the molecule is COc1cc(NC(=O)NCC2CCN(Cc3ccc(Cl)cc3)CC2)cc(OC)c1OC. The highest BCUT2D eigenvalue weighted by atomic mass is 35.5. The first-order valence-corrected chi connectivity index (χ1v) is 10.7. The van der Waals surface area contributed by atoms with Crippen LogP contribution in [0.1, 0.15) is 18.4 Å². The van der Waals surface area contributed by atoms with Crippen molar-refractivity contribution in [1.82, 2.24) is 10.2 Å². The fourth-order valence-corrected chi connectivity index (χ4v) is 3.89. The first-order chi connectivity index (χ1) is 15.0. The van der Waals surface area contributed by atoms with Crippen molar-refractivity contribution < 1.29 is 19.0 Å². The molecule has 3 rings (SSSR count). The van der Waals surface area contributed by atoms with Crippen molar-refractivity contribution in [2.45, 2.75) is 19.4 Å². The lowest BCUT2D eigenvalue weighted by molar-refractivity contribution is 0.175. The molecular weight excluding hydrogens is 418 g/mol. The van der Waals surface area contributed by atoms with Crippen LogP contribution in [0.4, 0.5) is 10.5 Å². The number of rotatable bonds is 8. The predicted octanol–water partition coefficient (Wildman–Crippen LogP) is 4.40. The molecule has 2 aromatic rings. The smallest absolute Gasteiger partial charge is 0.319 e. The van der Waals surface area contributed by atoms with E-state index < -0.39 is 0 Å². The fourth-order valence-electron chi connectivity index (χ4n) is 3.76. The van der Waals surface area contributed by atoms with Crippen LogP contribution in [-0.2, 0) is 6.54 Å². The Morgan fingerprint density at radius 3 is 2.19 bits per heavy atom. The summed E-state index contributed by atoms with van der Waals surface area (Å²) in [6.07, 6.45) is 2.11. The van der Waals surface area contributed by atoms with E-state index in [-0.39, 0.29) is 6.03 Å². The van der Waals surface area contributed by atoms with Crippen molar-refractivity contribution >= 4 is 23.3 Å². The summed E-state index contributed by atoms with van der Waals surface area (Å²) in [5, 5.41) is 6.58. The maximum atomic E-state index is 12.4. The number of likely N-dealkylation sites (tertiary alicyclic amines) is 1. The summed E-state index contributed by atoms with van der Waals surface area (Å²) >= 11 is 5.96. The topological polar surface area (TPSA) is 72.1 Å². The van der Waals surface area contributed by atoms with Crippen LogP contribution in [0.5, 0.6) is 17.2 Å². The van der Waals surface area contributed by atoms with Crippen LogP contribution in [0.3, 0.4) is 0 Å². The Bertz CT molecular complexity index is 843. The van der Waals surface area contributed by atoms with E-state index >= 15 is 0 Å². The molecule has 0 radical (unpaired) electrons. The van der Waals surface area contributed by atoms with E-state index in [0.29, 0.717) is 35.4 Å². The van der Waals surface area contributed by atoms with E-state index in [4.69, 9.17) is 25.8 Å². The van der Waals surface area contributed by atoms with Crippen molar-refractivity contribution in [3.8, 4) is 17.2 Å². The van der Waals surface area contributed by atoms with Crippen LogP contribution < -0.4 is 24.8 Å². The first kappa shape index (κ1) is 23.0. The number of amides is 2. The number of anilines is 1. The number of piperidine rings is 1. The summed E-state index contributed by atoms with van der Waals surface area (Å²) in [6, 6.07) is 11.2. The summed E-state index contributed by atoms with van der Waals surface area (Å²) in [6.45, 7) is 3.61. The van der Waals surface area contributed by atoms with Crippen molar-refractivity contribution in [3.05, 3.63) is 47.0 Å². The third-order valence-corrected chi connectivity index (χ3v) is 5.75. The zero-order valence-corrected chi connectivity index (χ0v) is 19.0. The van der Waals surface area contributed by atoms with Crippen LogP contribution in [0.15, 0.2) is 36.4 Å². The molecule has 0 spiro atoms. The highest BCUT2D eigenvalue weighted by Gasteiger charge is 2.20. The second-order valence-electron chi connectivity index (χ2n) is 7.60. The average molecular weight is 448 g/mol. The van der Waals surface area contributed by atoms with E-state index in [0.717, 1.165) is 37.5 Å². The minimum Gasteiger partial charge on any atom is -0.493 e. The number of hydrogen-bond donors (Lipinski definition) is 2. The number of carbonyl (C=O) groups is 1. The standard InChI is InChI=1S/C23H30ClN3O4/c1-29-20-12-19(13-21(30-2)22(20)31-3)26-23(28)25-14-16-8-10-27(11-9-16)15-17-4-6-18(24)7-5-17/h4-7,12-13,16H,8-11,14-15H2,1-3H3,(H2,25,26,28). The first-order valence-electron chi connectivity index (χ1n) is 10.3. The number of carbonyl (C=O) groups excluding carboxylic acids is 1. The molecule has 31 heavy (non-hydrogen) atoms. The Balaban J connectivity index is 1.45. The van der Waals surface area contributed by atoms with E-state index in [1.54, 1.807) is 33.5 Å². The zero-order valence-electron chi connectivity index (χ0n) is 18.2. The van der Waals surface area contributed by atoms with Gasteiger partial charge in [0.1, 0.15) is 0 Å². The summed E-state index contributed by atoms with van der Waals surface area (Å²) in [4.78, 5) is 14.8. The van der Waals surface area contributed by atoms with E-state index in [1.165, 1.54) is 5.56 Å². The van der Waals surface area contributed by atoms with Gasteiger partial charge >= 0.3 is 6.03 Å². The van der Waals surface area contributed by atoms with Gasteiger partial charge in [0.2, 0.25) is 5.75 Å². The van der Waals surface area contributed by atoms with Crippen LogP contribution in [0, 0.1) is 5.92 Å². The third-order valence-electron chi connectivity index (χ3n) is 5.50. The van der Waals surface area contributed by atoms with Crippen LogP contribution in [-0.4, -0.2) is 51.9 Å². The Morgan fingerprint density at radius 1 is 1.03 bits per heavy atom. The molecule has 168 valence electrons. The molecule has 7 nitrogen and oxygen atoms in total. The molecule has 1 heterocycles. The third kappa shape index (κ3) is 6.42. The van der Waals surface area contributed by atoms with Crippen molar-refractivity contribution in [3.63, 3.8) is 0 Å². The maximum Gasteiger partial charge on any atom is 0.319 e. The number of ether oxygens (including phenoxy) is 3. The van der Waals surface area contributed by atoms with Crippen molar-refractivity contribution in [2.75, 3.05) is 46.3 Å². The van der Waals surface area contributed by atoms with Crippen LogP contribution >= 0.6 is 11.6 Å². The monoisotopic (exact) mass is 447 g/mol. The summed E-state index contributed by atoms with van der Waals surface area (Å²) in [5.41, 5.74) is 1.84. The van der Waals surface area contributed by atoms with Gasteiger partial charge in [-0.25, -0.2) is 4.79 Å². The number of nitrogens with one attached hydrogen (secondary N) is 2. The molecule has 2 aromatic carbocycles. The number of halogens is 1. The molecule has 0 bridgehead atoms. The molecule has 0 aromatic heterocycles. The number of methoxy groups -OCH3 is 3. The van der Waals surface area contributed by atoms with Gasteiger partial charge in [0, 0.05) is 30.2 Å². The lowest BCUT2D eigenvalue weighted by atomic mass is 9.96. The second kappa shape index (κ2) is 11.1. The molecule has 2 N–H and O–H groups in total. The van der Waals surface area contributed by atoms with Crippen molar-refractivity contribution in [2.24, 2.45) is 5.92 Å². The molecule has 0 saturated carbocycles. The molecule has 1 aliphatic rings. The molecule has 2 amide bonds. The van der Waals surface area contributed by atoms with Crippen molar-refractivity contribution in [1.29, 1.82) is 0 Å². The molecule has 0 aliphatic carbocycles. The normalized spacial score (nSPS) is 14.7. The molecular formula is C23H30ClN3O4. The van der Waals surface area contributed by atoms with Crippen LogP contribution in [0.2, 0.25) is 5.02 Å². The Labute approximate surface area is 188 Å². The van der Waals surface area contributed by atoms with E-state index in [9.17, 15) is 4.79 Å². The van der Waals surface area contributed by atoms with E-state index in [1.807, 2.05) is 12.1 Å². The maximum absolute atomic E-state index is 12.4. The number of benzene rings is 2. The van der Waals surface area contributed by atoms with E-state index in [2.05, 4.69) is 27.7 Å². The summed E-state index contributed by atoms with van der Waals surface area (Å²) in [7, 11) is 4.63. The lowest BCUT2D eigenvalue weighted by Gasteiger charge is -2.32. The van der Waals surface area contributed by atoms with Gasteiger partial charge in [0.05, 0.1) is 27.0 Å². The summed E-state index contributed by atoms with van der Waals surface area (Å²) < 4.78 is 16.0. The molecule has 0 atom stereocenters. The van der Waals surface area contributed by atoms with Gasteiger partial charge in [-0.15, -0.1) is 0 Å². The lowest BCUT2D eigenvalue weighted by Crippen LogP contribution is -2.39. The average Bonchev–Trinajstić information content (AvgIpc) is 2.79. The number of hydrogen-bond acceptors (Lipinski definition) is 5. The minimum atomic E-state index is -0.252. The highest BCUT2D eigenvalue weighted by Crippen LogP contribution is 2.39. The molecule has 0 unspecified atom stereocenters. The second-order valence-corrected chi connectivity index (χ2v) is 8.03. The minimum absolute atomic E-state index is 0.252. The number of nitrogens with zero attached hydrogens (tertiary/aromatic N) is 1. The summed E-state index contributed by atoms with van der Waals surface area (Å²) in [5.74, 6) is 1.93. The van der Waals surface area contributed by atoms with Gasteiger partial charge in [-0.3, -0.25) is 4.90 Å². The zero-order chi connectivity index (χ0) is 22.2. The molecule has 1 aliphatic heterocycles. The molecule has 1 fully saturated rings. The molecule has 1 saturated heterocycles. The Hall–Kier alpha value is -2.64. The quantitative estimate of drug-likeness (QED) is 0.627. The highest BCUT2D eigenvalue weighted by molar-refractivity contribution is 6.30. The Morgan fingerprint density at radius 2 is 1.65 bits per heavy atom. The van der Waals surface area contributed by atoms with Crippen LogP contribution in [0.25, 0.3) is 0 Å². The largest absolute Gasteiger partial charge is 0.493 e. The van der Waals surface area contributed by atoms with Gasteiger partial charge in [0.15, 0.2) is 11.5 Å². The van der Waals surface area contributed by atoms with Gasteiger partial charge in [-0.1, -0.05) is 23.7 Å². The van der Waals surface area contributed by atoms with Gasteiger partial charge in [0.25, 0.3) is 0 Å². The fraction of sp³-hybridized carbons (Fsp3) is 0.435. The Kier molecular flexibility index (Phi) is 8.26. The van der Waals surface area contributed by atoms with Gasteiger partial charge < -0.3 is 24.8 Å². The predicted molar refractivity (Wildman–Crippen MR) is 123 cm³/mol.